The van der Waals surface area contributed by atoms with Crippen molar-refractivity contribution in [1.29, 1.82) is 0 Å². The number of hydrogen-bond acceptors (Lipinski definition) is 6. The van der Waals surface area contributed by atoms with Gasteiger partial charge in [-0.1, -0.05) is 23.4 Å². The molecule has 158 valence electrons. The highest BCUT2D eigenvalue weighted by atomic mass is 35.5. The van der Waals surface area contributed by atoms with Crippen LogP contribution in [0, 0.1) is 5.82 Å². The highest BCUT2D eigenvalue weighted by molar-refractivity contribution is 7.99. The standard InChI is InChI=1S/C19H18ClFN4O3S2/c1-24-18(11-25(30(2,27)28)16-9-7-15(21)8-10-16)22-23-19(24)29-12-17(26)13-3-5-14(20)6-4-13/h3-10H,11-12H2,1-2H3. The molecule has 0 bridgehead atoms. The average molecular weight is 469 g/mol. The van der Waals surface area contributed by atoms with E-state index in [9.17, 15) is 17.6 Å². The zero-order valence-electron chi connectivity index (χ0n) is 16.1. The Balaban J connectivity index is 1.74. The van der Waals surface area contributed by atoms with Gasteiger partial charge in [-0.15, -0.1) is 10.2 Å². The summed E-state index contributed by atoms with van der Waals surface area (Å²) in [4.78, 5) is 12.3. The maximum atomic E-state index is 13.2. The number of rotatable bonds is 8. The highest BCUT2D eigenvalue weighted by Gasteiger charge is 2.22. The lowest BCUT2D eigenvalue weighted by Gasteiger charge is -2.21. The van der Waals surface area contributed by atoms with E-state index < -0.39 is 15.8 Å². The van der Waals surface area contributed by atoms with E-state index in [2.05, 4.69) is 10.2 Å². The number of thioether (sulfide) groups is 1. The molecule has 0 aliphatic carbocycles. The zero-order chi connectivity index (χ0) is 21.9. The number of halogens is 2. The molecule has 30 heavy (non-hydrogen) atoms. The molecule has 0 atom stereocenters. The van der Waals surface area contributed by atoms with Crippen molar-refractivity contribution in [1.82, 2.24) is 14.8 Å². The van der Waals surface area contributed by atoms with Crippen LogP contribution in [-0.2, 0) is 23.6 Å². The van der Waals surface area contributed by atoms with Gasteiger partial charge in [-0.25, -0.2) is 12.8 Å². The third-order valence-corrected chi connectivity index (χ3v) is 6.64. The van der Waals surface area contributed by atoms with Gasteiger partial charge in [0.15, 0.2) is 16.8 Å². The lowest BCUT2D eigenvalue weighted by molar-refractivity contribution is 0.102. The van der Waals surface area contributed by atoms with Crippen molar-refractivity contribution in [3.8, 4) is 0 Å². The number of ketones is 1. The predicted molar refractivity (Wildman–Crippen MR) is 115 cm³/mol. The Labute approximate surface area is 182 Å². The average Bonchev–Trinajstić information content (AvgIpc) is 3.04. The summed E-state index contributed by atoms with van der Waals surface area (Å²) in [5, 5.41) is 9.14. The summed E-state index contributed by atoms with van der Waals surface area (Å²) < 4.78 is 40.4. The molecular weight excluding hydrogens is 451 g/mol. The summed E-state index contributed by atoms with van der Waals surface area (Å²) in [5.74, 6) is -0.0344. The number of carbonyl (C=O) groups excluding carboxylic acids is 1. The third-order valence-electron chi connectivity index (χ3n) is 4.22. The summed E-state index contributed by atoms with van der Waals surface area (Å²) in [6.07, 6.45) is 1.06. The molecule has 3 aromatic rings. The Morgan fingerprint density at radius 3 is 2.37 bits per heavy atom. The van der Waals surface area contributed by atoms with Crippen LogP contribution in [-0.4, -0.2) is 41.0 Å². The van der Waals surface area contributed by atoms with E-state index in [-0.39, 0.29) is 18.1 Å². The van der Waals surface area contributed by atoms with Crippen LogP contribution in [0.4, 0.5) is 10.1 Å². The summed E-state index contributed by atoms with van der Waals surface area (Å²) in [5.41, 5.74) is 0.850. The minimum atomic E-state index is -3.64. The second kappa shape index (κ2) is 9.15. The Kier molecular flexibility index (Phi) is 6.79. The molecule has 0 aliphatic heterocycles. The molecule has 0 unspecified atom stereocenters. The first-order valence-electron chi connectivity index (χ1n) is 8.68. The number of nitrogens with zero attached hydrogens (tertiary/aromatic N) is 4. The van der Waals surface area contributed by atoms with Gasteiger partial charge in [0.05, 0.1) is 24.2 Å². The molecule has 0 N–H and O–H groups in total. The van der Waals surface area contributed by atoms with Crippen LogP contribution >= 0.6 is 23.4 Å². The number of benzene rings is 2. The number of hydrogen-bond donors (Lipinski definition) is 0. The number of aromatic nitrogens is 3. The molecule has 0 aliphatic rings. The topological polar surface area (TPSA) is 85.2 Å². The van der Waals surface area contributed by atoms with E-state index >= 15 is 0 Å². The van der Waals surface area contributed by atoms with Crippen LogP contribution in [0.5, 0.6) is 0 Å². The first kappa shape index (κ1) is 22.3. The zero-order valence-corrected chi connectivity index (χ0v) is 18.5. The van der Waals surface area contributed by atoms with Crippen molar-refractivity contribution in [2.24, 2.45) is 7.05 Å². The van der Waals surface area contributed by atoms with Crippen LogP contribution in [0.25, 0.3) is 0 Å². The van der Waals surface area contributed by atoms with E-state index in [4.69, 9.17) is 11.6 Å². The first-order chi connectivity index (χ1) is 14.1. The smallest absolute Gasteiger partial charge is 0.232 e. The van der Waals surface area contributed by atoms with Gasteiger partial charge in [-0.05, 0) is 48.5 Å². The fourth-order valence-electron chi connectivity index (χ4n) is 2.59. The molecule has 11 heteroatoms. The fourth-order valence-corrected chi connectivity index (χ4v) is 4.40. The largest absolute Gasteiger partial charge is 0.308 e. The minimum absolute atomic E-state index is 0.0837. The molecule has 2 aromatic carbocycles. The maximum absolute atomic E-state index is 13.2. The number of carbonyl (C=O) groups is 1. The minimum Gasteiger partial charge on any atom is -0.308 e. The van der Waals surface area contributed by atoms with Gasteiger partial charge in [0.25, 0.3) is 0 Å². The molecule has 3 rings (SSSR count). The van der Waals surface area contributed by atoms with E-state index in [1.165, 1.54) is 36.0 Å². The molecule has 0 amide bonds. The Hall–Kier alpha value is -2.43. The van der Waals surface area contributed by atoms with Crippen molar-refractivity contribution < 1.29 is 17.6 Å². The van der Waals surface area contributed by atoms with E-state index in [0.717, 1.165) is 10.6 Å². The lowest BCUT2D eigenvalue weighted by Crippen LogP contribution is -2.30. The van der Waals surface area contributed by atoms with Crippen molar-refractivity contribution in [2.75, 3.05) is 16.3 Å². The second-order valence-electron chi connectivity index (χ2n) is 6.42. The molecular formula is C19H18ClFN4O3S2. The van der Waals surface area contributed by atoms with Gasteiger partial charge in [0, 0.05) is 17.6 Å². The van der Waals surface area contributed by atoms with Crippen LogP contribution in [0.3, 0.4) is 0 Å². The quantitative estimate of drug-likeness (QED) is 0.371. The summed E-state index contributed by atoms with van der Waals surface area (Å²) >= 11 is 7.03. The van der Waals surface area contributed by atoms with Crippen LogP contribution < -0.4 is 4.31 Å². The van der Waals surface area contributed by atoms with Gasteiger partial charge in [0.2, 0.25) is 10.0 Å². The molecule has 0 saturated carbocycles. The summed E-state index contributed by atoms with van der Waals surface area (Å²) in [7, 11) is -1.95. The first-order valence-corrected chi connectivity index (χ1v) is 11.9. The van der Waals surface area contributed by atoms with Crippen molar-refractivity contribution in [2.45, 2.75) is 11.7 Å². The monoisotopic (exact) mass is 468 g/mol. The van der Waals surface area contributed by atoms with Crippen molar-refractivity contribution in [3.05, 3.63) is 70.8 Å². The van der Waals surface area contributed by atoms with E-state index in [1.807, 2.05) is 0 Å². The third kappa shape index (κ3) is 5.38. The Bertz CT molecular complexity index is 1150. The summed E-state index contributed by atoms with van der Waals surface area (Å²) in [6.45, 7) is -0.0837. The van der Waals surface area contributed by atoms with Crippen LogP contribution in [0.2, 0.25) is 5.02 Å². The number of Topliss-reactive ketones (excluding diaryl/α,β-unsaturated/α-hetero) is 1. The molecule has 0 fully saturated rings. The molecule has 0 radical (unpaired) electrons. The van der Waals surface area contributed by atoms with Gasteiger partial charge < -0.3 is 4.57 Å². The molecule has 7 nitrogen and oxygen atoms in total. The molecule has 1 aromatic heterocycles. The van der Waals surface area contributed by atoms with Crippen molar-refractivity contribution >= 4 is 44.9 Å². The predicted octanol–water partition coefficient (Wildman–Crippen LogP) is 3.55. The van der Waals surface area contributed by atoms with Gasteiger partial charge in [-0.2, -0.15) is 0 Å². The number of anilines is 1. The maximum Gasteiger partial charge on any atom is 0.232 e. The lowest BCUT2D eigenvalue weighted by atomic mass is 10.1. The van der Waals surface area contributed by atoms with Gasteiger partial charge >= 0.3 is 0 Å². The Morgan fingerprint density at radius 2 is 1.77 bits per heavy atom. The highest BCUT2D eigenvalue weighted by Crippen LogP contribution is 2.23. The van der Waals surface area contributed by atoms with E-state index in [0.29, 0.717) is 27.3 Å². The van der Waals surface area contributed by atoms with Crippen molar-refractivity contribution in [3.63, 3.8) is 0 Å². The van der Waals surface area contributed by atoms with Gasteiger partial charge in [0.1, 0.15) is 5.82 Å². The SMILES string of the molecule is Cn1c(CN(c2ccc(F)cc2)S(C)(=O)=O)nnc1SCC(=O)c1ccc(Cl)cc1. The van der Waals surface area contributed by atoms with Gasteiger partial charge in [-0.3, -0.25) is 9.10 Å². The second-order valence-corrected chi connectivity index (χ2v) is 9.71. The normalized spacial score (nSPS) is 11.5. The molecule has 0 spiro atoms. The molecule has 1 heterocycles. The van der Waals surface area contributed by atoms with Crippen LogP contribution in [0.1, 0.15) is 16.2 Å². The summed E-state index contributed by atoms with van der Waals surface area (Å²) in [6, 6.07) is 11.7. The van der Waals surface area contributed by atoms with E-state index in [1.54, 1.807) is 35.9 Å². The number of sulfonamides is 1. The Morgan fingerprint density at radius 1 is 1.13 bits per heavy atom. The molecule has 0 saturated heterocycles. The van der Waals surface area contributed by atoms with Crippen LogP contribution in [0.15, 0.2) is 53.7 Å². The fraction of sp³-hybridized carbons (Fsp3) is 0.211.